The molecule has 8 heteroatoms. The highest BCUT2D eigenvalue weighted by Crippen LogP contribution is 2.50. The van der Waals surface area contributed by atoms with Gasteiger partial charge in [-0.15, -0.1) is 0 Å². The molecule has 0 spiro atoms. The number of nitrogens with zero attached hydrogens (tertiary/aromatic N) is 2. The second-order valence-corrected chi connectivity index (χ2v) is 5.44. The van der Waals surface area contributed by atoms with E-state index in [2.05, 4.69) is 10.3 Å². The smallest absolute Gasteiger partial charge is 0.288 e. The predicted octanol–water partition coefficient (Wildman–Crippen LogP) is 3.86. The average molecular weight is 310 g/mol. The van der Waals surface area contributed by atoms with Crippen LogP contribution in [0.4, 0.5) is 17.2 Å². The molecule has 0 fully saturated rings. The van der Waals surface area contributed by atoms with Crippen LogP contribution in [0.5, 0.6) is 5.75 Å². The fourth-order valence-electron chi connectivity index (χ4n) is 1.86. The lowest BCUT2D eigenvalue weighted by Crippen LogP contribution is -2.05. The Kier molecular flexibility index (Phi) is 3.15. The Hall–Kier alpha value is -1.99. The monoisotopic (exact) mass is 309 g/mol. The van der Waals surface area contributed by atoms with Crippen molar-refractivity contribution in [3.05, 3.63) is 39.5 Å². The van der Waals surface area contributed by atoms with E-state index in [1.165, 1.54) is 24.0 Å². The quantitative estimate of drug-likeness (QED) is 0.572. The van der Waals surface area contributed by atoms with Crippen molar-refractivity contribution < 1.29 is 9.66 Å². The normalized spacial score (nSPS) is 12.1. The zero-order valence-electron chi connectivity index (χ0n) is 10.2. The highest BCUT2D eigenvalue weighted by molar-refractivity contribution is 7.99. The van der Waals surface area contributed by atoms with Crippen molar-refractivity contribution in [3.63, 3.8) is 0 Å². The third kappa shape index (κ3) is 2.04. The lowest BCUT2D eigenvalue weighted by molar-refractivity contribution is -0.385. The number of halogens is 1. The van der Waals surface area contributed by atoms with Crippen molar-refractivity contribution in [3.8, 4) is 5.75 Å². The number of hydrogen-bond donors (Lipinski definition) is 1. The molecule has 6 nitrogen and oxygen atoms in total. The van der Waals surface area contributed by atoms with E-state index >= 15 is 0 Å². The zero-order chi connectivity index (χ0) is 14.3. The third-order valence-electron chi connectivity index (χ3n) is 2.80. The van der Waals surface area contributed by atoms with Crippen LogP contribution in [0.25, 0.3) is 0 Å². The Morgan fingerprint density at radius 3 is 3.00 bits per heavy atom. The fourth-order valence-corrected chi connectivity index (χ4v) is 3.15. The number of benzene rings is 1. The molecule has 102 valence electrons. The van der Waals surface area contributed by atoms with Crippen LogP contribution in [0.3, 0.4) is 0 Å². The van der Waals surface area contributed by atoms with Crippen LogP contribution in [-0.4, -0.2) is 17.0 Å². The largest absolute Gasteiger partial charge is 0.495 e. The minimum absolute atomic E-state index is 0.0551. The molecular formula is C12H8ClN3O3S. The lowest BCUT2D eigenvalue weighted by Gasteiger charge is -2.22. The maximum atomic E-state index is 10.8. The van der Waals surface area contributed by atoms with Gasteiger partial charge in [0, 0.05) is 6.07 Å². The summed E-state index contributed by atoms with van der Waals surface area (Å²) in [7, 11) is 1.56. The Bertz CT molecular complexity index is 723. The van der Waals surface area contributed by atoms with Gasteiger partial charge in [-0.2, -0.15) is 0 Å². The van der Waals surface area contributed by atoms with Crippen LogP contribution < -0.4 is 10.1 Å². The molecule has 1 aliphatic heterocycles. The van der Waals surface area contributed by atoms with E-state index in [9.17, 15) is 10.1 Å². The first-order valence-corrected chi connectivity index (χ1v) is 6.75. The van der Waals surface area contributed by atoms with Crippen LogP contribution in [0, 0.1) is 10.1 Å². The molecule has 0 aliphatic carbocycles. The molecule has 3 rings (SSSR count). The highest BCUT2D eigenvalue weighted by Gasteiger charge is 2.24. The van der Waals surface area contributed by atoms with Crippen molar-refractivity contribution in [2.45, 2.75) is 9.79 Å². The molecule has 0 saturated heterocycles. The zero-order valence-corrected chi connectivity index (χ0v) is 11.8. The van der Waals surface area contributed by atoms with E-state index in [1.807, 2.05) is 0 Å². The van der Waals surface area contributed by atoms with Gasteiger partial charge in [0.25, 0.3) is 5.69 Å². The van der Waals surface area contributed by atoms with E-state index in [-0.39, 0.29) is 5.69 Å². The summed E-state index contributed by atoms with van der Waals surface area (Å²) >= 11 is 7.50. The number of aromatic nitrogens is 1. The first-order chi connectivity index (χ1) is 9.60. The number of nitrogens with one attached hydrogen (secondary N) is 1. The molecule has 2 aromatic rings. The minimum atomic E-state index is -0.476. The van der Waals surface area contributed by atoms with Crippen LogP contribution >= 0.6 is 23.4 Å². The van der Waals surface area contributed by atoms with Crippen LogP contribution in [0.1, 0.15) is 0 Å². The minimum Gasteiger partial charge on any atom is -0.495 e. The molecular weight excluding hydrogens is 302 g/mol. The standard InChI is InChI=1S/C12H8ClN3O3S/c1-19-8-3-2-7(13)11-10(8)15-12-9(20-11)4-6(5-14-12)16(17)18/h2-5H,1H3,(H,14,15). The Balaban J connectivity index is 2.11. The van der Waals surface area contributed by atoms with Crippen LogP contribution in [0.2, 0.25) is 5.02 Å². The van der Waals surface area contributed by atoms with E-state index in [4.69, 9.17) is 16.3 Å². The van der Waals surface area contributed by atoms with Crippen molar-refractivity contribution in [1.82, 2.24) is 4.98 Å². The number of anilines is 2. The van der Waals surface area contributed by atoms with E-state index in [0.717, 1.165) is 10.6 Å². The van der Waals surface area contributed by atoms with Gasteiger partial charge >= 0.3 is 0 Å². The molecule has 0 saturated carbocycles. The van der Waals surface area contributed by atoms with Crippen molar-refractivity contribution in [2.24, 2.45) is 0 Å². The van der Waals surface area contributed by atoms with E-state index in [0.29, 0.717) is 21.5 Å². The summed E-state index contributed by atoms with van der Waals surface area (Å²) in [4.78, 5) is 15.8. The molecule has 20 heavy (non-hydrogen) atoms. The Morgan fingerprint density at radius 1 is 1.50 bits per heavy atom. The summed E-state index contributed by atoms with van der Waals surface area (Å²) in [6.07, 6.45) is 1.22. The molecule has 1 N–H and O–H groups in total. The first-order valence-electron chi connectivity index (χ1n) is 5.56. The second-order valence-electron chi connectivity index (χ2n) is 3.98. The average Bonchev–Trinajstić information content (AvgIpc) is 2.45. The molecule has 1 aromatic carbocycles. The topological polar surface area (TPSA) is 77.3 Å². The van der Waals surface area contributed by atoms with Gasteiger partial charge in [-0.3, -0.25) is 10.1 Å². The summed E-state index contributed by atoms with van der Waals surface area (Å²) in [6, 6.07) is 4.95. The van der Waals surface area contributed by atoms with Gasteiger partial charge in [-0.05, 0) is 12.1 Å². The van der Waals surface area contributed by atoms with Crippen LogP contribution in [0.15, 0.2) is 34.2 Å². The molecule has 0 atom stereocenters. The maximum absolute atomic E-state index is 10.8. The molecule has 1 aliphatic rings. The van der Waals surface area contributed by atoms with Crippen LogP contribution in [-0.2, 0) is 0 Å². The molecule has 0 bridgehead atoms. The van der Waals surface area contributed by atoms with E-state index < -0.39 is 4.92 Å². The number of hydrogen-bond acceptors (Lipinski definition) is 6. The SMILES string of the molecule is COc1ccc(Cl)c2c1Nc1ncc([N+](=O)[O-])cc1S2. The Morgan fingerprint density at radius 2 is 2.30 bits per heavy atom. The number of pyridine rings is 1. The van der Waals surface area contributed by atoms with Crippen molar-refractivity contribution in [1.29, 1.82) is 0 Å². The Labute approximate surface area is 123 Å². The maximum Gasteiger partial charge on any atom is 0.288 e. The summed E-state index contributed by atoms with van der Waals surface area (Å²) < 4.78 is 5.27. The van der Waals surface area contributed by atoms with Gasteiger partial charge in [0.05, 0.1) is 32.5 Å². The third-order valence-corrected chi connectivity index (χ3v) is 4.38. The summed E-state index contributed by atoms with van der Waals surface area (Å²) in [5.41, 5.74) is 0.666. The lowest BCUT2D eigenvalue weighted by atomic mass is 10.2. The van der Waals surface area contributed by atoms with Crippen molar-refractivity contribution >= 4 is 40.6 Å². The van der Waals surface area contributed by atoms with Gasteiger partial charge < -0.3 is 10.1 Å². The first kappa shape index (κ1) is 13.0. The molecule has 1 aromatic heterocycles. The van der Waals surface area contributed by atoms with Crippen molar-refractivity contribution in [2.75, 3.05) is 12.4 Å². The predicted molar refractivity (Wildman–Crippen MR) is 76.3 cm³/mol. The van der Waals surface area contributed by atoms with Gasteiger partial charge in [0.15, 0.2) is 0 Å². The molecule has 0 amide bonds. The molecule has 2 heterocycles. The molecule has 0 radical (unpaired) electrons. The number of fused-ring (bicyclic) bond motifs is 2. The van der Waals surface area contributed by atoms with Gasteiger partial charge in [0.1, 0.15) is 17.8 Å². The number of ether oxygens (including phenoxy) is 1. The molecule has 0 unspecified atom stereocenters. The fraction of sp³-hybridized carbons (Fsp3) is 0.0833. The number of nitro groups is 1. The van der Waals surface area contributed by atoms with Gasteiger partial charge in [0.2, 0.25) is 0 Å². The summed E-state index contributed by atoms with van der Waals surface area (Å²) in [5, 5.41) is 14.4. The summed E-state index contributed by atoms with van der Waals surface area (Å²) in [5.74, 6) is 1.19. The highest BCUT2D eigenvalue weighted by atomic mass is 35.5. The summed E-state index contributed by atoms with van der Waals surface area (Å²) in [6.45, 7) is 0. The number of rotatable bonds is 2. The van der Waals surface area contributed by atoms with Gasteiger partial charge in [-0.1, -0.05) is 23.4 Å². The number of methoxy groups -OCH3 is 1. The second kappa shape index (κ2) is 4.84. The van der Waals surface area contributed by atoms with E-state index in [1.54, 1.807) is 19.2 Å². The van der Waals surface area contributed by atoms with Gasteiger partial charge in [-0.25, -0.2) is 4.98 Å².